The zero-order chi connectivity index (χ0) is 17.8. The van der Waals surface area contributed by atoms with Gasteiger partial charge in [0.15, 0.2) is 0 Å². The smallest absolute Gasteiger partial charge is 0.241 e. The van der Waals surface area contributed by atoms with Crippen molar-refractivity contribution < 1.29 is 13.2 Å². The maximum Gasteiger partial charge on any atom is 0.241 e. The lowest BCUT2D eigenvalue weighted by Crippen LogP contribution is -2.37. The van der Waals surface area contributed by atoms with E-state index < -0.39 is 10.0 Å². The highest BCUT2D eigenvalue weighted by atomic mass is 32.2. The van der Waals surface area contributed by atoms with Crippen LogP contribution < -0.4 is 10.0 Å². The number of sulfonamides is 1. The molecule has 0 unspecified atom stereocenters. The Kier molecular flexibility index (Phi) is 6.36. The maximum absolute atomic E-state index is 12.5. The third-order valence-electron chi connectivity index (χ3n) is 3.59. The molecular formula is C17H28N2O3S. The van der Waals surface area contributed by atoms with Crippen LogP contribution in [0.3, 0.4) is 0 Å². The average molecular weight is 340 g/mol. The van der Waals surface area contributed by atoms with Gasteiger partial charge in [0.2, 0.25) is 15.9 Å². The Bertz CT molecular complexity index is 651. The zero-order valence-corrected chi connectivity index (χ0v) is 15.7. The van der Waals surface area contributed by atoms with Crippen LogP contribution in [0, 0.1) is 13.8 Å². The molecule has 0 bridgehead atoms. The summed E-state index contributed by atoms with van der Waals surface area (Å²) in [4.78, 5) is 11.9. The van der Waals surface area contributed by atoms with Crippen LogP contribution in [0.2, 0.25) is 0 Å². The van der Waals surface area contributed by atoms with E-state index in [1.807, 2.05) is 19.1 Å². The molecule has 0 atom stereocenters. The molecule has 5 nitrogen and oxygen atoms in total. The minimum atomic E-state index is -3.71. The number of nitrogens with one attached hydrogen (secondary N) is 2. The van der Waals surface area contributed by atoms with E-state index in [1.165, 1.54) is 0 Å². The molecule has 1 rings (SSSR count). The van der Waals surface area contributed by atoms with Gasteiger partial charge in [0.05, 0.1) is 11.4 Å². The van der Waals surface area contributed by atoms with Gasteiger partial charge < -0.3 is 5.32 Å². The molecule has 0 aliphatic rings. The summed E-state index contributed by atoms with van der Waals surface area (Å²) in [7, 11) is -3.71. The van der Waals surface area contributed by atoms with Crippen molar-refractivity contribution >= 4 is 15.9 Å². The van der Waals surface area contributed by atoms with Crippen LogP contribution >= 0.6 is 0 Å². The summed E-state index contributed by atoms with van der Waals surface area (Å²) in [5.41, 5.74) is 2.42. The van der Waals surface area contributed by atoms with Gasteiger partial charge in [-0.15, -0.1) is 0 Å². The SMILES string of the molecule is CCCNC(=O)CNS(=O)(=O)c1c(C)cc(C(C)(C)C)cc1C. The van der Waals surface area contributed by atoms with Gasteiger partial charge in [-0.3, -0.25) is 4.79 Å². The number of rotatable bonds is 6. The van der Waals surface area contributed by atoms with Crippen LogP contribution in [-0.2, 0) is 20.2 Å². The van der Waals surface area contributed by atoms with Crippen LogP contribution in [0.4, 0.5) is 0 Å². The minimum Gasteiger partial charge on any atom is -0.355 e. The molecule has 23 heavy (non-hydrogen) atoms. The molecule has 6 heteroatoms. The van der Waals surface area contributed by atoms with E-state index in [4.69, 9.17) is 0 Å². The average Bonchev–Trinajstić information content (AvgIpc) is 2.41. The highest BCUT2D eigenvalue weighted by Gasteiger charge is 2.23. The standard InChI is InChI=1S/C17H28N2O3S/c1-7-8-18-15(20)11-19-23(21,22)16-12(2)9-14(10-13(16)3)17(4,5)6/h9-10,19H,7-8,11H2,1-6H3,(H,18,20). The first kappa shape index (κ1) is 19.6. The van der Waals surface area contributed by atoms with Crippen LogP contribution in [0.5, 0.6) is 0 Å². The van der Waals surface area contributed by atoms with Crippen LogP contribution in [0.1, 0.15) is 50.8 Å². The Morgan fingerprint density at radius 2 is 1.65 bits per heavy atom. The van der Waals surface area contributed by atoms with Crippen molar-refractivity contribution in [1.29, 1.82) is 0 Å². The van der Waals surface area contributed by atoms with E-state index in [0.717, 1.165) is 12.0 Å². The van der Waals surface area contributed by atoms with Gasteiger partial charge in [0, 0.05) is 6.54 Å². The van der Waals surface area contributed by atoms with Crippen molar-refractivity contribution in [2.75, 3.05) is 13.1 Å². The van der Waals surface area contributed by atoms with E-state index in [1.54, 1.807) is 13.8 Å². The molecule has 0 saturated carbocycles. The fourth-order valence-electron chi connectivity index (χ4n) is 2.37. The van der Waals surface area contributed by atoms with Gasteiger partial charge in [0.1, 0.15) is 0 Å². The van der Waals surface area contributed by atoms with Gasteiger partial charge in [-0.05, 0) is 42.4 Å². The van der Waals surface area contributed by atoms with E-state index in [2.05, 4.69) is 30.8 Å². The number of carbonyl (C=O) groups excluding carboxylic acids is 1. The van der Waals surface area contributed by atoms with E-state index >= 15 is 0 Å². The third kappa shape index (κ3) is 5.32. The lowest BCUT2D eigenvalue weighted by Gasteiger charge is -2.22. The number of amides is 1. The Balaban J connectivity index is 3.03. The first-order valence-corrected chi connectivity index (χ1v) is 9.35. The number of hydrogen-bond donors (Lipinski definition) is 2. The lowest BCUT2D eigenvalue weighted by atomic mass is 9.85. The normalized spacial score (nSPS) is 12.3. The molecule has 0 heterocycles. The quantitative estimate of drug-likeness (QED) is 0.835. The minimum absolute atomic E-state index is 0.0503. The molecule has 130 valence electrons. The fourth-order valence-corrected chi connectivity index (χ4v) is 3.80. The number of hydrogen-bond acceptors (Lipinski definition) is 3. The number of benzene rings is 1. The number of aryl methyl sites for hydroxylation is 2. The molecule has 2 N–H and O–H groups in total. The monoisotopic (exact) mass is 340 g/mol. The molecule has 0 aliphatic heterocycles. The van der Waals surface area contributed by atoms with E-state index in [0.29, 0.717) is 17.7 Å². The molecule has 1 aromatic rings. The predicted molar refractivity (Wildman–Crippen MR) is 93.1 cm³/mol. The summed E-state index contributed by atoms with van der Waals surface area (Å²) in [6, 6.07) is 3.80. The molecule has 0 spiro atoms. The Morgan fingerprint density at radius 3 is 2.09 bits per heavy atom. The first-order chi connectivity index (χ1) is 10.5. The predicted octanol–water partition coefficient (Wildman–Crippen LogP) is 2.41. The number of carbonyl (C=O) groups is 1. The highest BCUT2D eigenvalue weighted by molar-refractivity contribution is 7.89. The summed E-state index contributed by atoms with van der Waals surface area (Å²) in [5.74, 6) is -0.322. The second-order valence-electron chi connectivity index (χ2n) is 6.86. The van der Waals surface area contributed by atoms with Gasteiger partial charge in [-0.1, -0.05) is 39.8 Å². The second kappa shape index (κ2) is 7.45. The molecule has 0 radical (unpaired) electrons. The Morgan fingerprint density at radius 1 is 1.13 bits per heavy atom. The summed E-state index contributed by atoms with van der Waals surface area (Å²) < 4.78 is 27.4. The van der Waals surface area contributed by atoms with E-state index in [-0.39, 0.29) is 22.8 Å². The van der Waals surface area contributed by atoms with Crippen LogP contribution in [0.15, 0.2) is 17.0 Å². The first-order valence-electron chi connectivity index (χ1n) is 7.87. The molecular weight excluding hydrogens is 312 g/mol. The van der Waals surface area contributed by atoms with Crippen molar-refractivity contribution in [3.63, 3.8) is 0 Å². The van der Waals surface area contributed by atoms with Gasteiger partial charge in [-0.2, -0.15) is 0 Å². The van der Waals surface area contributed by atoms with Crippen molar-refractivity contribution in [3.8, 4) is 0 Å². The third-order valence-corrected chi connectivity index (χ3v) is 5.30. The largest absolute Gasteiger partial charge is 0.355 e. The van der Waals surface area contributed by atoms with Gasteiger partial charge in [-0.25, -0.2) is 13.1 Å². The van der Waals surface area contributed by atoms with Crippen molar-refractivity contribution in [2.45, 2.75) is 58.3 Å². The lowest BCUT2D eigenvalue weighted by molar-refractivity contribution is -0.119. The summed E-state index contributed by atoms with van der Waals surface area (Å²) in [5, 5.41) is 2.65. The van der Waals surface area contributed by atoms with Gasteiger partial charge in [0.25, 0.3) is 0 Å². The highest BCUT2D eigenvalue weighted by Crippen LogP contribution is 2.28. The van der Waals surface area contributed by atoms with Crippen LogP contribution in [0.25, 0.3) is 0 Å². The van der Waals surface area contributed by atoms with E-state index in [9.17, 15) is 13.2 Å². The molecule has 0 aromatic heterocycles. The maximum atomic E-state index is 12.5. The van der Waals surface area contributed by atoms with Crippen molar-refractivity contribution in [1.82, 2.24) is 10.0 Å². The Labute approximate surface area is 139 Å². The molecule has 0 aliphatic carbocycles. The summed E-state index contributed by atoms with van der Waals surface area (Å²) in [6.07, 6.45) is 0.810. The fraction of sp³-hybridized carbons (Fsp3) is 0.588. The summed E-state index contributed by atoms with van der Waals surface area (Å²) >= 11 is 0. The van der Waals surface area contributed by atoms with Crippen molar-refractivity contribution in [3.05, 3.63) is 28.8 Å². The second-order valence-corrected chi connectivity index (χ2v) is 8.57. The molecule has 1 aromatic carbocycles. The van der Waals surface area contributed by atoms with Gasteiger partial charge >= 0.3 is 0 Å². The molecule has 0 fully saturated rings. The Hall–Kier alpha value is -1.40. The summed E-state index contributed by atoms with van der Waals surface area (Å²) in [6.45, 7) is 12.1. The molecule has 1 amide bonds. The van der Waals surface area contributed by atoms with Crippen LogP contribution in [-0.4, -0.2) is 27.4 Å². The molecule has 0 saturated heterocycles. The zero-order valence-electron chi connectivity index (χ0n) is 14.9. The topological polar surface area (TPSA) is 75.3 Å². The van der Waals surface area contributed by atoms with Crippen molar-refractivity contribution in [2.24, 2.45) is 0 Å².